The summed E-state index contributed by atoms with van der Waals surface area (Å²) in [6.45, 7) is 6.66. The molecule has 0 bridgehead atoms. The predicted molar refractivity (Wildman–Crippen MR) is 131 cm³/mol. The minimum absolute atomic E-state index is 0.0917. The van der Waals surface area contributed by atoms with E-state index in [1.807, 2.05) is 7.11 Å². The van der Waals surface area contributed by atoms with Gasteiger partial charge in [0.1, 0.15) is 0 Å². The summed E-state index contributed by atoms with van der Waals surface area (Å²) < 4.78 is 88.9. The number of fused-ring (bicyclic) bond motifs is 5. The Labute approximate surface area is 218 Å². The zero-order valence-electron chi connectivity index (χ0n) is 23.1. The molecule has 0 aromatic rings. The second-order valence-electron chi connectivity index (χ2n) is 13.5. The van der Waals surface area contributed by atoms with Gasteiger partial charge in [0.15, 0.2) is 0 Å². The first kappa shape index (κ1) is 29.5. The van der Waals surface area contributed by atoms with Crippen LogP contribution in [-0.4, -0.2) is 37.8 Å². The van der Waals surface area contributed by atoms with Crippen LogP contribution in [0.3, 0.4) is 0 Å². The van der Waals surface area contributed by atoms with Crippen LogP contribution in [0.4, 0.5) is 26.3 Å². The molecule has 9 atom stereocenters. The molecule has 0 aromatic carbocycles. The van der Waals surface area contributed by atoms with Crippen molar-refractivity contribution in [1.29, 1.82) is 0 Å². The van der Waals surface area contributed by atoms with E-state index in [1.165, 1.54) is 44.9 Å². The Balaban J connectivity index is 1.36. The molecule has 3 unspecified atom stereocenters. The smallest absolute Gasteiger partial charge is 0.381 e. The van der Waals surface area contributed by atoms with E-state index in [0.717, 1.165) is 30.6 Å². The first-order valence-electron chi connectivity index (χ1n) is 14.4. The first-order chi connectivity index (χ1) is 17.1. The van der Waals surface area contributed by atoms with Gasteiger partial charge in [-0.3, -0.25) is 0 Å². The molecule has 8 heteroatoms. The Morgan fingerprint density at radius 1 is 0.838 bits per heavy atom. The molecule has 0 saturated heterocycles. The highest BCUT2D eigenvalue weighted by molar-refractivity contribution is 5.09. The Bertz CT molecular complexity index is 782. The van der Waals surface area contributed by atoms with E-state index in [2.05, 4.69) is 25.5 Å². The first-order valence-corrected chi connectivity index (χ1v) is 14.4. The van der Waals surface area contributed by atoms with Crippen LogP contribution in [0.5, 0.6) is 0 Å². The van der Waals surface area contributed by atoms with Crippen molar-refractivity contribution in [2.75, 3.05) is 13.7 Å². The van der Waals surface area contributed by atoms with Crippen molar-refractivity contribution in [2.24, 2.45) is 46.3 Å². The van der Waals surface area contributed by atoms with E-state index in [0.29, 0.717) is 29.8 Å². The monoisotopic (exact) mass is 540 g/mol. The Morgan fingerprint density at radius 3 is 2.08 bits per heavy atom. The van der Waals surface area contributed by atoms with E-state index in [9.17, 15) is 26.3 Å². The van der Waals surface area contributed by atoms with Crippen LogP contribution >= 0.6 is 0 Å². The normalized spacial score (nSPS) is 41.6. The maximum atomic E-state index is 13.1. The number of alkyl halides is 6. The van der Waals surface area contributed by atoms with E-state index in [4.69, 9.17) is 4.74 Å². The van der Waals surface area contributed by atoms with Gasteiger partial charge in [0.05, 0.1) is 6.10 Å². The molecular weight excluding hydrogens is 494 g/mol. The Kier molecular flexibility index (Phi) is 8.09. The zero-order valence-corrected chi connectivity index (χ0v) is 23.1. The van der Waals surface area contributed by atoms with Gasteiger partial charge >= 0.3 is 12.4 Å². The van der Waals surface area contributed by atoms with Gasteiger partial charge in [0.25, 0.3) is 5.60 Å². The molecule has 4 saturated carbocycles. The summed E-state index contributed by atoms with van der Waals surface area (Å²) in [5.74, 6) is 3.62. The molecule has 216 valence electrons. The summed E-state index contributed by atoms with van der Waals surface area (Å²) in [5, 5.41) is 0. The van der Waals surface area contributed by atoms with Gasteiger partial charge in [0.2, 0.25) is 0 Å². The number of ether oxygens (including phenoxy) is 2. The fourth-order valence-electron chi connectivity index (χ4n) is 9.62. The average molecular weight is 541 g/mol. The molecular formula is C29H46F6O2. The summed E-state index contributed by atoms with van der Waals surface area (Å²) in [4.78, 5) is 0. The van der Waals surface area contributed by atoms with Gasteiger partial charge in [-0.15, -0.1) is 0 Å². The van der Waals surface area contributed by atoms with Crippen molar-refractivity contribution in [3.05, 3.63) is 0 Å². The van der Waals surface area contributed by atoms with Crippen LogP contribution in [0.15, 0.2) is 0 Å². The number of hydrogen-bond donors (Lipinski definition) is 0. The summed E-state index contributed by atoms with van der Waals surface area (Å²) in [7, 11) is 1.84. The highest BCUT2D eigenvalue weighted by atomic mass is 19.4. The maximum Gasteiger partial charge on any atom is 0.426 e. The van der Waals surface area contributed by atoms with E-state index in [-0.39, 0.29) is 24.7 Å². The number of hydrogen-bond acceptors (Lipinski definition) is 2. The lowest BCUT2D eigenvalue weighted by atomic mass is 9.44. The average Bonchev–Trinajstić information content (AvgIpc) is 3.16. The van der Waals surface area contributed by atoms with Gasteiger partial charge in [-0.2, -0.15) is 26.3 Å². The highest BCUT2D eigenvalue weighted by Crippen LogP contribution is 2.68. The third-order valence-electron chi connectivity index (χ3n) is 12.0. The van der Waals surface area contributed by atoms with Crippen molar-refractivity contribution in [3.63, 3.8) is 0 Å². The van der Waals surface area contributed by atoms with Crippen LogP contribution in [0.1, 0.15) is 98.3 Å². The molecule has 2 nitrogen and oxygen atoms in total. The SMILES string of the molecule is COC1CC[C@]2(C)C3CC[C@@]4(C)C(CC[C@@H]4[C@H](C)CCCOC(C)(C(F)(F)F)C(F)(F)F)[C@@H]3CC[C@@H]2C1. The van der Waals surface area contributed by atoms with Crippen LogP contribution in [0.2, 0.25) is 0 Å². The maximum absolute atomic E-state index is 13.1. The molecule has 4 aliphatic carbocycles. The third-order valence-corrected chi connectivity index (χ3v) is 12.0. The lowest BCUT2D eigenvalue weighted by molar-refractivity contribution is -0.374. The van der Waals surface area contributed by atoms with Gasteiger partial charge in [-0.25, -0.2) is 0 Å². The van der Waals surface area contributed by atoms with Crippen LogP contribution in [0, 0.1) is 46.3 Å². The number of methoxy groups -OCH3 is 1. The molecule has 4 rings (SSSR count). The van der Waals surface area contributed by atoms with Gasteiger partial charge in [0, 0.05) is 13.7 Å². The summed E-state index contributed by atoms with van der Waals surface area (Å²) >= 11 is 0. The molecule has 37 heavy (non-hydrogen) atoms. The van der Waals surface area contributed by atoms with Crippen LogP contribution < -0.4 is 0 Å². The molecule has 4 fully saturated rings. The van der Waals surface area contributed by atoms with Crippen LogP contribution in [0.25, 0.3) is 0 Å². The molecule has 4 aliphatic rings. The molecule has 0 N–H and O–H groups in total. The second-order valence-corrected chi connectivity index (χ2v) is 13.5. The van der Waals surface area contributed by atoms with Crippen molar-refractivity contribution in [2.45, 2.75) is 122 Å². The van der Waals surface area contributed by atoms with Crippen molar-refractivity contribution in [3.8, 4) is 0 Å². The molecule has 0 spiro atoms. The molecule has 0 heterocycles. The van der Waals surface area contributed by atoms with Crippen molar-refractivity contribution >= 4 is 0 Å². The number of halogens is 6. The zero-order chi connectivity index (χ0) is 27.4. The molecule has 0 amide bonds. The van der Waals surface area contributed by atoms with E-state index >= 15 is 0 Å². The fourth-order valence-corrected chi connectivity index (χ4v) is 9.62. The summed E-state index contributed by atoms with van der Waals surface area (Å²) in [6, 6.07) is 0. The Hall–Kier alpha value is -0.500. The minimum atomic E-state index is -5.50. The predicted octanol–water partition coefficient (Wildman–Crippen LogP) is 8.98. The lowest BCUT2D eigenvalue weighted by Gasteiger charge is -2.61. The van der Waals surface area contributed by atoms with Crippen LogP contribution in [-0.2, 0) is 9.47 Å². The van der Waals surface area contributed by atoms with Gasteiger partial charge in [-0.05, 0) is 124 Å². The molecule has 0 radical (unpaired) electrons. The minimum Gasteiger partial charge on any atom is -0.381 e. The number of rotatable bonds is 7. The summed E-state index contributed by atoms with van der Waals surface area (Å²) in [5.41, 5.74) is -3.52. The van der Waals surface area contributed by atoms with E-state index in [1.54, 1.807) is 0 Å². The van der Waals surface area contributed by atoms with Crippen molar-refractivity contribution in [1.82, 2.24) is 0 Å². The van der Waals surface area contributed by atoms with Crippen molar-refractivity contribution < 1.29 is 35.8 Å². The molecule has 0 aromatic heterocycles. The molecule has 0 aliphatic heterocycles. The van der Waals surface area contributed by atoms with Gasteiger partial charge in [-0.1, -0.05) is 20.8 Å². The third kappa shape index (κ3) is 4.97. The topological polar surface area (TPSA) is 18.5 Å². The summed E-state index contributed by atoms with van der Waals surface area (Å²) in [6.07, 6.45) is 1.06. The quantitative estimate of drug-likeness (QED) is 0.237. The second kappa shape index (κ2) is 10.2. The fraction of sp³-hybridized carbons (Fsp3) is 1.00. The lowest BCUT2D eigenvalue weighted by Crippen LogP contribution is -2.56. The standard InChI is InChI=1S/C29H46F6O2/c1-18(7-6-16-37-27(4,28(30,31)32)29(33,34)35)22-10-11-23-21-9-8-19-17-20(36-5)12-14-25(19,2)24(21)13-15-26(22,23)3/h18-24H,6-17H2,1-5H3/t18-,19-,20?,21+,22-,23?,24?,25+,26-/m1/s1. The van der Waals surface area contributed by atoms with Gasteiger partial charge < -0.3 is 9.47 Å². The Morgan fingerprint density at radius 2 is 1.46 bits per heavy atom. The van der Waals surface area contributed by atoms with E-state index < -0.39 is 24.6 Å². The largest absolute Gasteiger partial charge is 0.426 e. The highest BCUT2D eigenvalue weighted by Gasteiger charge is 2.69.